The van der Waals surface area contributed by atoms with Crippen molar-refractivity contribution in [1.29, 1.82) is 0 Å². The first-order valence-electron chi connectivity index (χ1n) is 7.16. The van der Waals surface area contributed by atoms with Crippen LogP contribution in [-0.4, -0.2) is 20.1 Å². The van der Waals surface area contributed by atoms with Gasteiger partial charge in [0.15, 0.2) is 0 Å². The molecule has 1 atom stereocenters. The first-order chi connectivity index (χ1) is 10.7. The molecule has 22 heavy (non-hydrogen) atoms. The highest BCUT2D eigenvalue weighted by molar-refractivity contribution is 6.05. The van der Waals surface area contributed by atoms with Crippen molar-refractivity contribution in [3.05, 3.63) is 65.2 Å². The molecule has 1 unspecified atom stereocenters. The standard InChI is InChI=1S/C18H21NO3/c1-13(22-3)14-8-6-9-16(11-14)19-18(20)17-10-5-4-7-15(17)12-21-2/h4-11,13H,12H2,1-3H3,(H,19,20). The summed E-state index contributed by atoms with van der Waals surface area (Å²) >= 11 is 0. The van der Waals surface area contributed by atoms with Gasteiger partial charge in [-0.2, -0.15) is 0 Å². The molecule has 2 aromatic rings. The maximum Gasteiger partial charge on any atom is 0.256 e. The van der Waals surface area contributed by atoms with Crippen LogP contribution in [0.15, 0.2) is 48.5 Å². The number of methoxy groups -OCH3 is 2. The van der Waals surface area contributed by atoms with Crippen LogP contribution < -0.4 is 5.32 Å². The van der Waals surface area contributed by atoms with Crippen molar-refractivity contribution in [3.8, 4) is 0 Å². The molecular formula is C18H21NO3. The summed E-state index contributed by atoms with van der Waals surface area (Å²) in [6, 6.07) is 15.1. The van der Waals surface area contributed by atoms with E-state index in [0.717, 1.165) is 16.8 Å². The topological polar surface area (TPSA) is 47.6 Å². The van der Waals surface area contributed by atoms with Crippen LogP contribution in [0.1, 0.15) is 34.5 Å². The van der Waals surface area contributed by atoms with Crippen molar-refractivity contribution in [2.24, 2.45) is 0 Å². The number of hydrogen-bond donors (Lipinski definition) is 1. The minimum atomic E-state index is -0.144. The molecule has 0 bridgehead atoms. The molecule has 0 spiro atoms. The Labute approximate surface area is 131 Å². The largest absolute Gasteiger partial charge is 0.380 e. The van der Waals surface area contributed by atoms with Gasteiger partial charge in [-0.3, -0.25) is 4.79 Å². The van der Waals surface area contributed by atoms with Crippen LogP contribution in [0.5, 0.6) is 0 Å². The first kappa shape index (κ1) is 16.2. The Kier molecular flexibility index (Phi) is 5.69. The number of carbonyl (C=O) groups excluding carboxylic acids is 1. The molecule has 0 aliphatic rings. The van der Waals surface area contributed by atoms with Crippen LogP contribution >= 0.6 is 0 Å². The second kappa shape index (κ2) is 7.73. The smallest absolute Gasteiger partial charge is 0.256 e. The van der Waals surface area contributed by atoms with E-state index >= 15 is 0 Å². The number of rotatable bonds is 6. The van der Waals surface area contributed by atoms with Crippen LogP contribution in [0.4, 0.5) is 5.69 Å². The molecule has 116 valence electrons. The second-order valence-corrected chi connectivity index (χ2v) is 5.05. The van der Waals surface area contributed by atoms with E-state index in [2.05, 4.69) is 5.32 Å². The number of nitrogens with one attached hydrogen (secondary N) is 1. The highest BCUT2D eigenvalue weighted by Gasteiger charge is 2.12. The van der Waals surface area contributed by atoms with Crippen LogP contribution in [-0.2, 0) is 16.1 Å². The van der Waals surface area contributed by atoms with Gasteiger partial charge in [-0.05, 0) is 36.2 Å². The minimum absolute atomic E-state index is 0.0161. The molecule has 0 aliphatic carbocycles. The Balaban J connectivity index is 2.19. The second-order valence-electron chi connectivity index (χ2n) is 5.05. The fraction of sp³-hybridized carbons (Fsp3) is 0.278. The summed E-state index contributed by atoms with van der Waals surface area (Å²) in [5.41, 5.74) is 3.25. The third-order valence-electron chi connectivity index (χ3n) is 3.53. The molecular weight excluding hydrogens is 278 g/mol. The average molecular weight is 299 g/mol. The van der Waals surface area contributed by atoms with Gasteiger partial charge in [0, 0.05) is 25.5 Å². The van der Waals surface area contributed by atoms with Crippen molar-refractivity contribution < 1.29 is 14.3 Å². The Morgan fingerprint density at radius 3 is 2.64 bits per heavy atom. The molecule has 4 nitrogen and oxygen atoms in total. The summed E-state index contributed by atoms with van der Waals surface area (Å²) in [5.74, 6) is -0.144. The predicted octanol–water partition coefficient (Wildman–Crippen LogP) is 3.79. The Morgan fingerprint density at radius 2 is 1.91 bits per heavy atom. The molecule has 0 saturated carbocycles. The lowest BCUT2D eigenvalue weighted by atomic mass is 10.1. The normalized spacial score (nSPS) is 12.0. The van der Waals surface area contributed by atoms with Crippen LogP contribution in [0.2, 0.25) is 0 Å². The van der Waals surface area contributed by atoms with Crippen LogP contribution in [0.25, 0.3) is 0 Å². The maximum absolute atomic E-state index is 12.5. The zero-order valence-corrected chi connectivity index (χ0v) is 13.1. The van der Waals surface area contributed by atoms with Gasteiger partial charge in [0.25, 0.3) is 5.91 Å². The van der Waals surface area contributed by atoms with E-state index in [1.165, 1.54) is 0 Å². The molecule has 2 aromatic carbocycles. The third kappa shape index (κ3) is 3.93. The molecule has 4 heteroatoms. The molecule has 1 N–H and O–H groups in total. The fourth-order valence-corrected chi connectivity index (χ4v) is 2.23. The zero-order valence-electron chi connectivity index (χ0n) is 13.1. The molecule has 0 fully saturated rings. The highest BCUT2D eigenvalue weighted by atomic mass is 16.5. The molecule has 0 heterocycles. The minimum Gasteiger partial charge on any atom is -0.380 e. The van der Waals surface area contributed by atoms with Crippen molar-refractivity contribution in [2.75, 3.05) is 19.5 Å². The summed E-state index contributed by atoms with van der Waals surface area (Å²) in [6.45, 7) is 2.37. The summed E-state index contributed by atoms with van der Waals surface area (Å²) in [4.78, 5) is 12.5. The lowest BCUT2D eigenvalue weighted by Crippen LogP contribution is -2.14. The average Bonchev–Trinajstić information content (AvgIpc) is 2.55. The Morgan fingerprint density at radius 1 is 1.14 bits per heavy atom. The molecule has 2 rings (SSSR count). The highest BCUT2D eigenvalue weighted by Crippen LogP contribution is 2.20. The first-order valence-corrected chi connectivity index (χ1v) is 7.16. The number of amides is 1. The quantitative estimate of drug-likeness (QED) is 0.882. The Hall–Kier alpha value is -2.17. The fourth-order valence-electron chi connectivity index (χ4n) is 2.23. The number of carbonyl (C=O) groups is 1. The van der Waals surface area contributed by atoms with E-state index in [1.54, 1.807) is 20.3 Å². The van der Waals surface area contributed by atoms with Gasteiger partial charge in [-0.25, -0.2) is 0 Å². The molecule has 1 amide bonds. The zero-order chi connectivity index (χ0) is 15.9. The third-order valence-corrected chi connectivity index (χ3v) is 3.53. The number of ether oxygens (including phenoxy) is 2. The van der Waals surface area contributed by atoms with Crippen molar-refractivity contribution >= 4 is 11.6 Å². The summed E-state index contributed by atoms with van der Waals surface area (Å²) in [6.07, 6.45) is -0.0161. The van der Waals surface area contributed by atoms with Gasteiger partial charge in [0.05, 0.1) is 12.7 Å². The van der Waals surface area contributed by atoms with Crippen LogP contribution in [0.3, 0.4) is 0 Å². The molecule has 0 radical (unpaired) electrons. The monoisotopic (exact) mass is 299 g/mol. The Bertz CT molecular complexity index is 640. The SMILES string of the molecule is COCc1ccccc1C(=O)Nc1cccc(C(C)OC)c1. The van der Waals surface area contributed by atoms with Crippen molar-refractivity contribution in [3.63, 3.8) is 0 Å². The van der Waals surface area contributed by atoms with E-state index in [9.17, 15) is 4.79 Å². The predicted molar refractivity (Wildman–Crippen MR) is 87.0 cm³/mol. The van der Waals surface area contributed by atoms with Gasteiger partial charge < -0.3 is 14.8 Å². The van der Waals surface area contributed by atoms with Gasteiger partial charge in [-0.1, -0.05) is 30.3 Å². The van der Waals surface area contributed by atoms with E-state index in [4.69, 9.17) is 9.47 Å². The van der Waals surface area contributed by atoms with Gasteiger partial charge in [0.1, 0.15) is 0 Å². The van der Waals surface area contributed by atoms with E-state index in [1.807, 2.05) is 49.4 Å². The van der Waals surface area contributed by atoms with Crippen molar-refractivity contribution in [2.45, 2.75) is 19.6 Å². The molecule has 0 aliphatic heterocycles. The van der Waals surface area contributed by atoms with E-state index < -0.39 is 0 Å². The summed E-state index contributed by atoms with van der Waals surface area (Å²) < 4.78 is 10.4. The number of hydrogen-bond acceptors (Lipinski definition) is 3. The van der Waals surface area contributed by atoms with Gasteiger partial charge in [0.2, 0.25) is 0 Å². The lowest BCUT2D eigenvalue weighted by Gasteiger charge is -2.13. The summed E-state index contributed by atoms with van der Waals surface area (Å²) in [7, 11) is 3.28. The number of anilines is 1. The van der Waals surface area contributed by atoms with Gasteiger partial charge >= 0.3 is 0 Å². The lowest BCUT2D eigenvalue weighted by molar-refractivity contribution is 0.102. The van der Waals surface area contributed by atoms with Gasteiger partial charge in [-0.15, -0.1) is 0 Å². The van der Waals surface area contributed by atoms with E-state index in [0.29, 0.717) is 12.2 Å². The van der Waals surface area contributed by atoms with Crippen LogP contribution in [0, 0.1) is 0 Å². The molecule has 0 aromatic heterocycles. The maximum atomic E-state index is 12.5. The van der Waals surface area contributed by atoms with Crippen molar-refractivity contribution in [1.82, 2.24) is 0 Å². The summed E-state index contributed by atoms with van der Waals surface area (Å²) in [5, 5.41) is 2.93. The van der Waals surface area contributed by atoms with E-state index in [-0.39, 0.29) is 12.0 Å². The molecule has 0 saturated heterocycles. The number of benzene rings is 2.